The molecule has 1 heteroatoms. The summed E-state index contributed by atoms with van der Waals surface area (Å²) in [5.74, 6) is 0. The van der Waals surface area contributed by atoms with Crippen molar-refractivity contribution in [2.75, 3.05) is 0 Å². The number of nitrogens with zero attached hydrogens (tertiary/aromatic N) is 1. The first-order valence-electron chi connectivity index (χ1n) is 13.2. The molecule has 1 nitrogen and oxygen atoms in total. The van der Waals surface area contributed by atoms with Gasteiger partial charge < -0.3 is 4.57 Å². The van der Waals surface area contributed by atoms with Crippen LogP contribution in [0.2, 0.25) is 0 Å². The smallest absolute Gasteiger partial charge is 0.0541 e. The van der Waals surface area contributed by atoms with E-state index in [0.29, 0.717) is 0 Å². The van der Waals surface area contributed by atoms with Crippen LogP contribution in [0.1, 0.15) is 11.1 Å². The summed E-state index contributed by atoms with van der Waals surface area (Å²) in [6.45, 7) is 0. The maximum absolute atomic E-state index is 2.40. The summed E-state index contributed by atoms with van der Waals surface area (Å²) in [5.41, 5.74) is 14.2. The molecule has 1 aliphatic carbocycles. The number of rotatable bonds is 3. The van der Waals surface area contributed by atoms with Crippen LogP contribution in [0.15, 0.2) is 140 Å². The van der Waals surface area contributed by atoms with Crippen molar-refractivity contribution in [3.8, 4) is 39.1 Å². The van der Waals surface area contributed by atoms with Crippen molar-refractivity contribution in [1.29, 1.82) is 0 Å². The van der Waals surface area contributed by atoms with Crippen molar-refractivity contribution in [2.45, 2.75) is 6.42 Å². The number of fused-ring (bicyclic) bond motifs is 6. The first kappa shape index (κ1) is 21.2. The second-order valence-electron chi connectivity index (χ2n) is 10.2. The van der Waals surface area contributed by atoms with E-state index in [1.54, 1.807) is 0 Å². The molecule has 0 amide bonds. The minimum atomic E-state index is 1.03. The lowest BCUT2D eigenvalue weighted by atomic mass is 9.97. The molecule has 0 bridgehead atoms. The Balaban J connectivity index is 1.30. The summed E-state index contributed by atoms with van der Waals surface area (Å²) < 4.78 is 2.40. The first-order chi connectivity index (χ1) is 18.8. The van der Waals surface area contributed by atoms with Gasteiger partial charge in [-0.1, -0.05) is 103 Å². The molecule has 0 radical (unpaired) electrons. The highest BCUT2D eigenvalue weighted by molar-refractivity contribution is 6.10. The molecule has 1 aromatic heterocycles. The van der Waals surface area contributed by atoms with Gasteiger partial charge in [0.15, 0.2) is 0 Å². The minimum Gasteiger partial charge on any atom is -0.309 e. The molecule has 1 aliphatic rings. The van der Waals surface area contributed by atoms with E-state index in [1.807, 2.05) is 0 Å². The zero-order chi connectivity index (χ0) is 25.1. The Morgan fingerprint density at radius 1 is 0.395 bits per heavy atom. The van der Waals surface area contributed by atoms with Crippen molar-refractivity contribution in [3.05, 3.63) is 151 Å². The molecule has 0 fully saturated rings. The topological polar surface area (TPSA) is 4.93 Å². The van der Waals surface area contributed by atoms with Gasteiger partial charge in [0.25, 0.3) is 0 Å². The predicted molar refractivity (Wildman–Crippen MR) is 160 cm³/mol. The highest BCUT2D eigenvalue weighted by Crippen LogP contribution is 2.40. The van der Waals surface area contributed by atoms with Crippen molar-refractivity contribution in [1.82, 2.24) is 4.57 Å². The molecule has 1 heterocycles. The lowest BCUT2D eigenvalue weighted by Gasteiger charge is -2.11. The number of benzene rings is 6. The van der Waals surface area contributed by atoms with E-state index in [1.165, 1.54) is 72.0 Å². The van der Waals surface area contributed by atoms with Crippen molar-refractivity contribution in [2.24, 2.45) is 0 Å². The van der Waals surface area contributed by atoms with E-state index in [4.69, 9.17) is 0 Å². The van der Waals surface area contributed by atoms with Crippen LogP contribution in [-0.4, -0.2) is 4.57 Å². The van der Waals surface area contributed by atoms with Gasteiger partial charge >= 0.3 is 0 Å². The lowest BCUT2D eigenvalue weighted by molar-refractivity contribution is 1.18. The van der Waals surface area contributed by atoms with Gasteiger partial charge in [-0.05, 0) is 87.3 Å². The van der Waals surface area contributed by atoms with E-state index in [2.05, 4.69) is 144 Å². The summed E-state index contributed by atoms with van der Waals surface area (Å²) in [5, 5.41) is 2.56. The van der Waals surface area contributed by atoms with Crippen molar-refractivity contribution in [3.63, 3.8) is 0 Å². The third kappa shape index (κ3) is 3.26. The van der Waals surface area contributed by atoms with Crippen LogP contribution >= 0.6 is 0 Å². The summed E-state index contributed by atoms with van der Waals surface area (Å²) in [6, 6.07) is 51.0. The highest BCUT2D eigenvalue weighted by atomic mass is 15.0. The zero-order valence-corrected chi connectivity index (χ0v) is 20.9. The molecule has 6 aromatic carbocycles. The standard InChI is InChI=1S/C37H25N/c1-2-9-25(10-3-1)26-12-8-13-31(22-26)38-36-16-7-6-15-33(36)35-24-28(19-20-37(35)38)27-17-18-30-21-29-11-4-5-14-32(29)34(30)23-27/h1-20,22-24H,21H2. The van der Waals surface area contributed by atoms with Crippen LogP contribution in [0.3, 0.4) is 0 Å². The Labute approximate surface area is 222 Å². The third-order valence-corrected chi connectivity index (χ3v) is 8.02. The van der Waals surface area contributed by atoms with Crippen molar-refractivity contribution >= 4 is 21.8 Å². The molecule has 8 rings (SSSR count). The number of hydrogen-bond donors (Lipinski definition) is 0. The van der Waals surface area contributed by atoms with E-state index >= 15 is 0 Å². The fraction of sp³-hybridized carbons (Fsp3) is 0.0270. The van der Waals surface area contributed by atoms with E-state index in [0.717, 1.165) is 6.42 Å². The number of aromatic nitrogens is 1. The van der Waals surface area contributed by atoms with Gasteiger partial charge in [0, 0.05) is 16.5 Å². The summed E-state index contributed by atoms with van der Waals surface area (Å²) in [7, 11) is 0. The fourth-order valence-corrected chi connectivity index (χ4v) is 6.19. The molecular formula is C37H25N. The molecule has 38 heavy (non-hydrogen) atoms. The maximum Gasteiger partial charge on any atom is 0.0541 e. The molecule has 0 spiro atoms. The molecule has 0 saturated heterocycles. The molecule has 0 saturated carbocycles. The molecule has 178 valence electrons. The summed E-state index contributed by atoms with van der Waals surface area (Å²) >= 11 is 0. The van der Waals surface area contributed by atoms with Gasteiger partial charge in [-0.25, -0.2) is 0 Å². The van der Waals surface area contributed by atoms with Gasteiger partial charge in [0.1, 0.15) is 0 Å². The zero-order valence-electron chi connectivity index (χ0n) is 20.9. The Bertz CT molecular complexity index is 1990. The molecule has 7 aromatic rings. The Hall–Kier alpha value is -4.88. The van der Waals surface area contributed by atoms with Crippen molar-refractivity contribution < 1.29 is 0 Å². The second-order valence-corrected chi connectivity index (χ2v) is 10.2. The van der Waals surface area contributed by atoms with E-state index in [9.17, 15) is 0 Å². The molecule has 0 N–H and O–H groups in total. The van der Waals surface area contributed by atoms with Gasteiger partial charge in [-0.2, -0.15) is 0 Å². The van der Waals surface area contributed by atoms with E-state index in [-0.39, 0.29) is 0 Å². The second kappa shape index (κ2) is 8.33. The van der Waals surface area contributed by atoms with Crippen LogP contribution in [0, 0.1) is 0 Å². The Morgan fingerprint density at radius 2 is 1.08 bits per heavy atom. The van der Waals surface area contributed by atoms with Crippen LogP contribution < -0.4 is 0 Å². The lowest BCUT2D eigenvalue weighted by Crippen LogP contribution is -1.94. The van der Waals surface area contributed by atoms with Crippen LogP contribution in [0.25, 0.3) is 60.9 Å². The van der Waals surface area contributed by atoms with E-state index < -0.39 is 0 Å². The minimum absolute atomic E-state index is 1.03. The quantitative estimate of drug-likeness (QED) is 0.236. The Kier molecular flexibility index (Phi) is 4.65. The van der Waals surface area contributed by atoms with Crippen LogP contribution in [-0.2, 0) is 6.42 Å². The largest absolute Gasteiger partial charge is 0.309 e. The average molecular weight is 484 g/mol. The number of para-hydroxylation sites is 1. The third-order valence-electron chi connectivity index (χ3n) is 8.02. The van der Waals surface area contributed by atoms with Gasteiger partial charge in [-0.3, -0.25) is 0 Å². The van der Waals surface area contributed by atoms with Gasteiger partial charge in [0.05, 0.1) is 11.0 Å². The normalized spacial score (nSPS) is 12.1. The highest BCUT2D eigenvalue weighted by Gasteiger charge is 2.19. The maximum atomic E-state index is 2.40. The summed E-state index contributed by atoms with van der Waals surface area (Å²) in [6.07, 6.45) is 1.03. The number of hydrogen-bond acceptors (Lipinski definition) is 0. The fourth-order valence-electron chi connectivity index (χ4n) is 6.19. The SMILES string of the molecule is c1ccc(-c2cccc(-n3c4ccccc4c4cc(-c5ccc6c(c5)-c5ccccc5C6)ccc43)c2)cc1. The Morgan fingerprint density at radius 3 is 2.03 bits per heavy atom. The average Bonchev–Trinajstić information content (AvgIpc) is 3.53. The molecular weight excluding hydrogens is 458 g/mol. The predicted octanol–water partition coefficient (Wildman–Crippen LogP) is 9.69. The van der Waals surface area contributed by atoms with Gasteiger partial charge in [-0.15, -0.1) is 0 Å². The summed E-state index contributed by atoms with van der Waals surface area (Å²) in [4.78, 5) is 0. The van der Waals surface area contributed by atoms with Crippen LogP contribution in [0.5, 0.6) is 0 Å². The molecule has 0 aliphatic heterocycles. The molecule has 0 unspecified atom stereocenters. The monoisotopic (exact) mass is 483 g/mol. The van der Waals surface area contributed by atoms with Crippen LogP contribution in [0.4, 0.5) is 0 Å². The molecule has 0 atom stereocenters. The first-order valence-corrected chi connectivity index (χ1v) is 13.2. The van der Waals surface area contributed by atoms with Gasteiger partial charge in [0.2, 0.25) is 0 Å².